The summed E-state index contributed by atoms with van der Waals surface area (Å²) in [6.45, 7) is 1.08. The molecular formula is C12H11FN2S3. The molecule has 0 aromatic heterocycles. The molecule has 0 atom stereocenters. The van der Waals surface area contributed by atoms with E-state index in [1.54, 1.807) is 24.3 Å². The summed E-state index contributed by atoms with van der Waals surface area (Å²) in [5.41, 5.74) is 6.02. The van der Waals surface area contributed by atoms with Crippen LogP contribution in [-0.4, -0.2) is 27.3 Å². The average molecular weight is 298 g/mol. The molecule has 2 N–H and O–H groups in total. The lowest BCUT2D eigenvalue weighted by atomic mass is 10.2. The number of nitrogens with two attached hydrogens (primary N) is 1. The monoisotopic (exact) mass is 298 g/mol. The van der Waals surface area contributed by atoms with E-state index in [1.165, 1.54) is 17.8 Å². The second-order valence-electron chi connectivity index (χ2n) is 3.64. The van der Waals surface area contributed by atoms with Crippen LogP contribution in [0.4, 0.5) is 4.39 Å². The van der Waals surface area contributed by atoms with Gasteiger partial charge < -0.3 is 10.6 Å². The summed E-state index contributed by atoms with van der Waals surface area (Å²) in [5, 5.41) is 0. The van der Waals surface area contributed by atoms with Crippen LogP contribution in [0.15, 0.2) is 29.2 Å². The molecule has 2 nitrogen and oxygen atoms in total. The van der Waals surface area contributed by atoms with E-state index in [9.17, 15) is 4.39 Å². The van der Waals surface area contributed by atoms with E-state index in [0.717, 1.165) is 4.91 Å². The first-order valence-electron chi connectivity index (χ1n) is 5.33. The van der Waals surface area contributed by atoms with E-state index in [4.69, 9.17) is 30.2 Å². The van der Waals surface area contributed by atoms with Gasteiger partial charge in [-0.15, -0.1) is 0 Å². The predicted octanol–water partition coefficient (Wildman–Crippen LogP) is 2.79. The molecule has 6 heteroatoms. The zero-order chi connectivity index (χ0) is 13.1. The molecule has 2 rings (SSSR count). The molecule has 0 radical (unpaired) electrons. The van der Waals surface area contributed by atoms with E-state index in [-0.39, 0.29) is 5.82 Å². The highest BCUT2D eigenvalue weighted by Gasteiger charge is 2.27. The van der Waals surface area contributed by atoms with Crippen LogP contribution >= 0.6 is 36.2 Å². The Kier molecular flexibility index (Phi) is 4.45. The third-order valence-electron chi connectivity index (χ3n) is 2.42. The maximum absolute atomic E-state index is 13.5. The molecular weight excluding hydrogens is 287 g/mol. The van der Waals surface area contributed by atoms with Crippen molar-refractivity contribution in [3.05, 3.63) is 40.6 Å². The van der Waals surface area contributed by atoms with Gasteiger partial charge in [-0.2, -0.15) is 0 Å². The Morgan fingerprint density at radius 2 is 2.06 bits per heavy atom. The largest absolute Gasteiger partial charge is 0.329 e. The average Bonchev–Trinajstić information content (AvgIpc) is 2.60. The molecule has 94 valence electrons. The predicted molar refractivity (Wildman–Crippen MR) is 82.9 cm³/mol. The van der Waals surface area contributed by atoms with Gasteiger partial charge in [0.25, 0.3) is 0 Å². The zero-order valence-corrected chi connectivity index (χ0v) is 11.9. The summed E-state index contributed by atoms with van der Waals surface area (Å²) in [6.07, 6.45) is 1.73. The normalized spacial score (nSPS) is 17.9. The minimum atomic E-state index is -0.267. The van der Waals surface area contributed by atoms with Crippen LogP contribution in [0.3, 0.4) is 0 Å². The SMILES string of the molecule is NCCN1C(=S)S/C(=C\c2ccccc2F)C1=S. The van der Waals surface area contributed by atoms with Gasteiger partial charge in [-0.3, -0.25) is 0 Å². The highest BCUT2D eigenvalue weighted by atomic mass is 32.2. The Morgan fingerprint density at radius 1 is 1.33 bits per heavy atom. The third-order valence-corrected chi connectivity index (χ3v) is 4.38. The molecule has 0 unspecified atom stereocenters. The molecule has 0 saturated carbocycles. The van der Waals surface area contributed by atoms with Crippen LogP contribution < -0.4 is 5.73 Å². The van der Waals surface area contributed by atoms with Gasteiger partial charge in [0.2, 0.25) is 0 Å². The summed E-state index contributed by atoms with van der Waals surface area (Å²) < 4.78 is 14.2. The molecule has 18 heavy (non-hydrogen) atoms. The van der Waals surface area contributed by atoms with E-state index >= 15 is 0 Å². The molecule has 0 spiro atoms. The fraction of sp³-hybridized carbons (Fsp3) is 0.167. The Balaban J connectivity index is 2.28. The van der Waals surface area contributed by atoms with Crippen LogP contribution in [0.2, 0.25) is 0 Å². The minimum absolute atomic E-state index is 0.267. The second kappa shape index (κ2) is 5.88. The van der Waals surface area contributed by atoms with E-state index in [0.29, 0.717) is 28.0 Å². The van der Waals surface area contributed by atoms with Gasteiger partial charge in [0, 0.05) is 18.7 Å². The zero-order valence-electron chi connectivity index (χ0n) is 9.43. The van der Waals surface area contributed by atoms with Crippen LogP contribution in [-0.2, 0) is 0 Å². The highest BCUT2D eigenvalue weighted by Crippen LogP contribution is 2.33. The highest BCUT2D eigenvalue weighted by molar-refractivity contribution is 8.27. The topological polar surface area (TPSA) is 29.3 Å². The first kappa shape index (κ1) is 13.6. The Hall–Kier alpha value is -0.820. The van der Waals surface area contributed by atoms with Crippen molar-refractivity contribution in [2.75, 3.05) is 13.1 Å². The van der Waals surface area contributed by atoms with Gasteiger partial charge in [0.1, 0.15) is 15.1 Å². The fourth-order valence-electron chi connectivity index (χ4n) is 1.56. The number of thiocarbonyl (C=S) groups is 2. The maximum Gasteiger partial charge on any atom is 0.146 e. The molecule has 1 aromatic carbocycles. The van der Waals surface area contributed by atoms with Crippen LogP contribution in [0, 0.1) is 5.82 Å². The van der Waals surface area contributed by atoms with E-state index in [2.05, 4.69) is 0 Å². The molecule has 1 aliphatic heterocycles. The molecule has 0 aliphatic carbocycles. The maximum atomic E-state index is 13.5. The molecule has 1 saturated heterocycles. The van der Waals surface area contributed by atoms with Crippen molar-refractivity contribution in [3.8, 4) is 0 Å². The molecule has 1 aliphatic rings. The number of hydrogen-bond donors (Lipinski definition) is 1. The van der Waals surface area contributed by atoms with Crippen molar-refractivity contribution in [2.24, 2.45) is 5.73 Å². The Bertz CT molecular complexity index is 528. The first-order chi connectivity index (χ1) is 8.63. The lowest BCUT2D eigenvalue weighted by molar-refractivity contribution is 0.625. The van der Waals surface area contributed by atoms with Gasteiger partial charge in [0.15, 0.2) is 0 Å². The number of benzene rings is 1. The molecule has 1 aromatic rings. The van der Waals surface area contributed by atoms with E-state index < -0.39 is 0 Å². The van der Waals surface area contributed by atoms with Gasteiger partial charge in [-0.05, 0) is 12.1 Å². The summed E-state index contributed by atoms with van der Waals surface area (Å²) >= 11 is 11.9. The van der Waals surface area contributed by atoms with Crippen molar-refractivity contribution in [1.29, 1.82) is 0 Å². The number of rotatable bonds is 3. The lowest BCUT2D eigenvalue weighted by Gasteiger charge is -2.14. The number of nitrogens with zero attached hydrogens (tertiary/aromatic N) is 1. The van der Waals surface area contributed by atoms with Crippen LogP contribution in [0.25, 0.3) is 6.08 Å². The summed E-state index contributed by atoms with van der Waals surface area (Å²) in [7, 11) is 0. The summed E-state index contributed by atoms with van der Waals surface area (Å²) in [4.78, 5) is 3.23. The van der Waals surface area contributed by atoms with Crippen molar-refractivity contribution >= 4 is 51.6 Å². The van der Waals surface area contributed by atoms with Gasteiger partial charge in [-0.25, -0.2) is 4.39 Å². The smallest absolute Gasteiger partial charge is 0.146 e. The number of thioether (sulfide) groups is 1. The number of halogens is 1. The molecule has 1 heterocycles. The second-order valence-corrected chi connectivity index (χ2v) is 5.71. The quantitative estimate of drug-likeness (QED) is 0.684. The molecule has 1 fully saturated rings. The minimum Gasteiger partial charge on any atom is -0.329 e. The van der Waals surface area contributed by atoms with Gasteiger partial charge in [-0.1, -0.05) is 54.4 Å². The van der Waals surface area contributed by atoms with Crippen LogP contribution in [0.1, 0.15) is 5.56 Å². The summed E-state index contributed by atoms with van der Waals surface area (Å²) in [5.74, 6) is -0.267. The lowest BCUT2D eigenvalue weighted by Crippen LogP contribution is -2.31. The molecule has 0 bridgehead atoms. The van der Waals surface area contributed by atoms with Gasteiger partial charge >= 0.3 is 0 Å². The fourth-order valence-corrected chi connectivity index (χ4v) is 3.35. The standard InChI is InChI=1S/C12H11FN2S3/c13-9-4-2-1-3-8(9)7-10-11(16)15(6-5-14)12(17)18-10/h1-4,7H,5-6,14H2/b10-7-. The number of hydrogen-bond acceptors (Lipinski definition) is 4. The van der Waals surface area contributed by atoms with E-state index in [1.807, 2.05) is 4.90 Å². The first-order valence-corrected chi connectivity index (χ1v) is 6.96. The summed E-state index contributed by atoms with van der Waals surface area (Å²) in [6, 6.07) is 6.57. The Labute approximate surface area is 120 Å². The van der Waals surface area contributed by atoms with Gasteiger partial charge in [0.05, 0.1) is 4.91 Å². The molecule has 0 amide bonds. The Morgan fingerprint density at radius 3 is 2.72 bits per heavy atom. The van der Waals surface area contributed by atoms with Crippen molar-refractivity contribution in [3.63, 3.8) is 0 Å². The van der Waals surface area contributed by atoms with Crippen molar-refractivity contribution in [2.45, 2.75) is 0 Å². The van der Waals surface area contributed by atoms with Crippen molar-refractivity contribution in [1.82, 2.24) is 4.90 Å². The van der Waals surface area contributed by atoms with Crippen LogP contribution in [0.5, 0.6) is 0 Å². The van der Waals surface area contributed by atoms with Crippen molar-refractivity contribution < 1.29 is 4.39 Å². The third kappa shape index (κ3) is 2.77.